The lowest BCUT2D eigenvalue weighted by Crippen LogP contribution is -2.54. The highest BCUT2D eigenvalue weighted by Crippen LogP contribution is 2.30. The molecule has 0 aliphatic carbocycles. The maximum absolute atomic E-state index is 12.8. The Bertz CT molecular complexity index is 980. The van der Waals surface area contributed by atoms with Crippen LogP contribution in [0.3, 0.4) is 0 Å². The molecule has 37 heavy (non-hydrogen) atoms. The molecule has 1 aromatic carbocycles. The highest BCUT2D eigenvalue weighted by atomic mass is 16.6. The third-order valence-corrected chi connectivity index (χ3v) is 6.24. The summed E-state index contributed by atoms with van der Waals surface area (Å²) in [5.41, 5.74) is 0.380. The summed E-state index contributed by atoms with van der Waals surface area (Å²) >= 11 is 0. The zero-order valence-corrected chi connectivity index (χ0v) is 20.7. The van der Waals surface area contributed by atoms with Gasteiger partial charge in [0.05, 0.1) is 56.9 Å². The van der Waals surface area contributed by atoms with E-state index in [4.69, 9.17) is 23.7 Å². The molecule has 2 saturated heterocycles. The topological polar surface area (TPSA) is 142 Å². The summed E-state index contributed by atoms with van der Waals surface area (Å²) in [5, 5.41) is 5.46. The number of nitrogens with one attached hydrogen (secondary N) is 2. The third kappa shape index (κ3) is 7.33. The summed E-state index contributed by atoms with van der Waals surface area (Å²) in [4.78, 5) is 50.0. The molecule has 0 spiro atoms. The second-order valence-electron chi connectivity index (χ2n) is 8.83. The van der Waals surface area contributed by atoms with E-state index in [-0.39, 0.29) is 36.7 Å². The summed E-state index contributed by atoms with van der Waals surface area (Å²) in [6, 6.07) is 3.59. The number of carbonyl (C=O) groups is 4. The molecular weight excluding hydrogens is 486 g/mol. The number of imide groups is 2. The monoisotopic (exact) mass is 519 g/mol. The lowest BCUT2D eigenvalue weighted by Gasteiger charge is -2.27. The number of piperidine rings is 1. The molecule has 0 radical (unpaired) electrons. The van der Waals surface area contributed by atoms with Crippen LogP contribution in [-0.2, 0) is 28.5 Å². The predicted molar refractivity (Wildman–Crippen MR) is 128 cm³/mol. The summed E-state index contributed by atoms with van der Waals surface area (Å²) in [7, 11) is 0. The van der Waals surface area contributed by atoms with Gasteiger partial charge >= 0.3 is 0 Å². The van der Waals surface area contributed by atoms with Crippen LogP contribution in [-0.4, -0.2) is 107 Å². The van der Waals surface area contributed by atoms with Crippen molar-refractivity contribution in [3.63, 3.8) is 0 Å². The molecule has 1 unspecified atom stereocenters. The fraction of sp³-hybridized carbons (Fsp3) is 0.600. The van der Waals surface area contributed by atoms with Crippen molar-refractivity contribution >= 4 is 23.6 Å². The van der Waals surface area contributed by atoms with Gasteiger partial charge in [-0.1, -0.05) is 0 Å². The van der Waals surface area contributed by atoms with Crippen molar-refractivity contribution in [3.8, 4) is 5.75 Å². The minimum absolute atomic E-state index is 0.0747. The first-order chi connectivity index (χ1) is 18.0. The first-order valence-corrected chi connectivity index (χ1v) is 12.6. The van der Waals surface area contributed by atoms with Crippen LogP contribution >= 0.6 is 0 Å². The van der Waals surface area contributed by atoms with Crippen LogP contribution in [0.1, 0.15) is 40.0 Å². The van der Waals surface area contributed by atoms with Crippen molar-refractivity contribution in [1.82, 2.24) is 15.5 Å². The number of amides is 4. The molecular formula is C25H33N3O9. The lowest BCUT2D eigenvalue weighted by molar-refractivity contribution is -0.136. The molecule has 12 heteroatoms. The molecule has 0 aromatic heterocycles. The molecule has 1 aromatic rings. The second-order valence-corrected chi connectivity index (χ2v) is 8.83. The van der Waals surface area contributed by atoms with Gasteiger partial charge in [-0.15, -0.1) is 0 Å². The maximum Gasteiger partial charge on any atom is 0.262 e. The van der Waals surface area contributed by atoms with Crippen LogP contribution in [0.5, 0.6) is 5.75 Å². The average molecular weight is 520 g/mol. The van der Waals surface area contributed by atoms with Crippen molar-refractivity contribution in [2.45, 2.75) is 31.4 Å². The number of hydrogen-bond donors (Lipinski definition) is 2. The number of benzene rings is 1. The van der Waals surface area contributed by atoms with E-state index in [2.05, 4.69) is 10.6 Å². The van der Waals surface area contributed by atoms with Crippen molar-refractivity contribution < 1.29 is 42.9 Å². The van der Waals surface area contributed by atoms with Crippen molar-refractivity contribution in [2.75, 3.05) is 65.9 Å². The molecule has 2 atom stereocenters. The van der Waals surface area contributed by atoms with Crippen LogP contribution < -0.4 is 15.4 Å². The van der Waals surface area contributed by atoms with E-state index < -0.39 is 29.7 Å². The molecule has 4 amide bonds. The molecule has 202 valence electrons. The molecule has 4 rings (SSSR count). The molecule has 12 nitrogen and oxygen atoms in total. The Morgan fingerprint density at radius 2 is 1.59 bits per heavy atom. The number of rotatable bonds is 14. The van der Waals surface area contributed by atoms with Crippen molar-refractivity contribution in [1.29, 1.82) is 0 Å². The highest BCUT2D eigenvalue weighted by molar-refractivity contribution is 6.23. The van der Waals surface area contributed by atoms with E-state index in [9.17, 15) is 19.2 Å². The first-order valence-electron chi connectivity index (χ1n) is 12.6. The minimum Gasteiger partial charge on any atom is -0.491 e. The van der Waals surface area contributed by atoms with Gasteiger partial charge in [-0.25, -0.2) is 0 Å². The zero-order valence-electron chi connectivity index (χ0n) is 20.7. The maximum atomic E-state index is 12.8. The summed E-state index contributed by atoms with van der Waals surface area (Å²) in [6.07, 6.45) is 1.27. The number of carbonyl (C=O) groups excluding carboxylic acids is 4. The van der Waals surface area contributed by atoms with Crippen LogP contribution in [0, 0.1) is 0 Å². The van der Waals surface area contributed by atoms with E-state index in [1.807, 2.05) is 0 Å². The van der Waals surface area contributed by atoms with Crippen LogP contribution in [0.25, 0.3) is 0 Å². The summed E-state index contributed by atoms with van der Waals surface area (Å²) in [5.74, 6) is -1.76. The van der Waals surface area contributed by atoms with Gasteiger partial charge in [0, 0.05) is 26.1 Å². The number of fused-ring (bicyclic) bond motifs is 1. The van der Waals surface area contributed by atoms with Gasteiger partial charge < -0.3 is 29.0 Å². The standard InChI is InChI=1S/C25H33N3O9/c29-22-4-3-21(23(30)27-22)28-24(31)19-2-1-17(15-20(19)25(28)32)37-14-13-35-12-11-34-10-9-33-7-5-18-16-26-6-8-36-18/h1-2,15,18,21,26H,3-14,16H2,(H,27,29,30)/t18-,21?/m1/s1. The van der Waals surface area contributed by atoms with Gasteiger partial charge in [0.2, 0.25) is 11.8 Å². The van der Waals surface area contributed by atoms with Crippen LogP contribution in [0.15, 0.2) is 18.2 Å². The summed E-state index contributed by atoms with van der Waals surface area (Å²) in [6.45, 7) is 5.58. The number of ether oxygens (including phenoxy) is 5. The smallest absolute Gasteiger partial charge is 0.262 e. The second kappa shape index (κ2) is 13.6. The van der Waals surface area contributed by atoms with Gasteiger partial charge in [-0.05, 0) is 31.0 Å². The average Bonchev–Trinajstić information content (AvgIpc) is 3.14. The van der Waals surface area contributed by atoms with Crippen LogP contribution in [0.2, 0.25) is 0 Å². The number of hydrogen-bond acceptors (Lipinski definition) is 10. The molecule has 3 heterocycles. The third-order valence-electron chi connectivity index (χ3n) is 6.24. The minimum atomic E-state index is -0.995. The summed E-state index contributed by atoms with van der Waals surface area (Å²) < 4.78 is 27.8. The molecule has 0 saturated carbocycles. The Balaban J connectivity index is 1.07. The predicted octanol–water partition coefficient (Wildman–Crippen LogP) is -0.105. The molecule has 3 aliphatic heterocycles. The quantitative estimate of drug-likeness (QED) is 0.253. The van der Waals surface area contributed by atoms with E-state index >= 15 is 0 Å². The highest BCUT2D eigenvalue weighted by Gasteiger charge is 2.44. The fourth-order valence-electron chi connectivity index (χ4n) is 4.32. The Morgan fingerprint density at radius 1 is 0.892 bits per heavy atom. The number of nitrogens with zero attached hydrogens (tertiary/aromatic N) is 1. The largest absolute Gasteiger partial charge is 0.491 e. The fourth-order valence-corrected chi connectivity index (χ4v) is 4.32. The van der Waals surface area contributed by atoms with Crippen LogP contribution in [0.4, 0.5) is 0 Å². The van der Waals surface area contributed by atoms with E-state index in [1.165, 1.54) is 12.1 Å². The van der Waals surface area contributed by atoms with E-state index in [1.54, 1.807) is 6.07 Å². The van der Waals surface area contributed by atoms with Gasteiger partial charge in [-0.2, -0.15) is 0 Å². The molecule has 2 fully saturated rings. The zero-order chi connectivity index (χ0) is 26.0. The van der Waals surface area contributed by atoms with Gasteiger partial charge in [0.1, 0.15) is 18.4 Å². The van der Waals surface area contributed by atoms with Gasteiger partial charge in [0.15, 0.2) is 0 Å². The molecule has 2 N–H and O–H groups in total. The normalized spacial score (nSPS) is 21.8. The Labute approximate surface area is 214 Å². The van der Waals surface area contributed by atoms with E-state index in [0.717, 1.165) is 31.0 Å². The number of morpholine rings is 1. The molecule has 0 bridgehead atoms. The Kier molecular flexibility index (Phi) is 9.97. The Morgan fingerprint density at radius 3 is 2.30 bits per heavy atom. The van der Waals surface area contributed by atoms with Gasteiger partial charge in [-0.3, -0.25) is 29.4 Å². The van der Waals surface area contributed by atoms with Gasteiger partial charge in [0.25, 0.3) is 11.8 Å². The molecule has 3 aliphatic rings. The lowest BCUT2D eigenvalue weighted by atomic mass is 10.0. The van der Waals surface area contributed by atoms with E-state index in [0.29, 0.717) is 45.4 Å². The first kappa shape index (κ1) is 27.1. The SMILES string of the molecule is O=C1CCC(N2C(=O)c3ccc(OCCOCCOCCOCC[C@@H]4CNCCO4)cc3C2=O)C(=O)N1. The van der Waals surface area contributed by atoms with Crippen molar-refractivity contribution in [2.24, 2.45) is 0 Å². The Hall–Kier alpha value is -2.90. The van der Waals surface area contributed by atoms with Crippen molar-refractivity contribution in [3.05, 3.63) is 29.3 Å².